The summed E-state index contributed by atoms with van der Waals surface area (Å²) >= 11 is 0. The maximum Gasteiger partial charge on any atom is 0.224 e. The molecule has 1 aromatic rings. The minimum absolute atomic E-state index is 0.0991. The highest BCUT2D eigenvalue weighted by Gasteiger charge is 2.18. The molecule has 0 aliphatic carbocycles. The number of nitrogens with zero attached hydrogens (tertiary/aromatic N) is 3. The normalized spacial score (nSPS) is 16.7. The first-order valence-electron chi connectivity index (χ1n) is 4.69. The molecule has 1 fully saturated rings. The summed E-state index contributed by atoms with van der Waals surface area (Å²) in [7, 11) is 0. The van der Waals surface area contributed by atoms with Crippen molar-refractivity contribution >= 4 is 23.3 Å². The van der Waals surface area contributed by atoms with Crippen LogP contribution in [0.1, 0.15) is 0 Å². The van der Waals surface area contributed by atoms with Crippen molar-refractivity contribution in [3.8, 4) is 0 Å². The topological polar surface area (TPSA) is 116 Å². The Morgan fingerprint density at radius 2 is 1.53 bits per heavy atom. The van der Waals surface area contributed by atoms with E-state index in [1.807, 2.05) is 4.90 Å². The van der Waals surface area contributed by atoms with Gasteiger partial charge in [-0.15, -0.1) is 0 Å². The molecule has 2 heterocycles. The highest BCUT2D eigenvalue weighted by molar-refractivity contribution is 5.76. The number of nitrogens with two attached hydrogens (primary N) is 3. The highest BCUT2D eigenvalue weighted by Crippen LogP contribution is 2.28. The van der Waals surface area contributed by atoms with Gasteiger partial charge in [-0.3, -0.25) is 0 Å². The molecule has 0 bridgehead atoms. The minimum atomic E-state index is 0.0991. The minimum Gasteiger partial charge on any atom is -0.382 e. The number of hydrogen-bond acceptors (Lipinski definition) is 7. The smallest absolute Gasteiger partial charge is 0.224 e. The zero-order chi connectivity index (χ0) is 10.8. The Kier molecular flexibility index (Phi) is 2.46. The molecule has 1 aliphatic heterocycles. The lowest BCUT2D eigenvalue weighted by Crippen LogP contribution is -2.37. The van der Waals surface area contributed by atoms with E-state index in [-0.39, 0.29) is 5.95 Å². The van der Waals surface area contributed by atoms with Crippen molar-refractivity contribution < 1.29 is 4.74 Å². The summed E-state index contributed by atoms with van der Waals surface area (Å²) in [6.07, 6.45) is 0. The maximum absolute atomic E-state index is 5.76. The number of aromatic nitrogens is 2. The molecule has 0 spiro atoms. The first-order chi connectivity index (χ1) is 7.18. The predicted octanol–water partition coefficient (Wildman–Crippen LogP) is -0.940. The van der Waals surface area contributed by atoms with Crippen molar-refractivity contribution in [2.75, 3.05) is 48.4 Å². The second-order valence-electron chi connectivity index (χ2n) is 3.30. The molecule has 6 N–H and O–H groups in total. The number of hydrogen-bond donors (Lipinski definition) is 3. The van der Waals surface area contributed by atoms with Crippen molar-refractivity contribution in [2.24, 2.45) is 0 Å². The van der Waals surface area contributed by atoms with E-state index in [0.717, 1.165) is 13.1 Å². The third kappa shape index (κ3) is 1.86. The van der Waals surface area contributed by atoms with Crippen LogP contribution in [-0.2, 0) is 4.74 Å². The van der Waals surface area contributed by atoms with Gasteiger partial charge in [-0.05, 0) is 0 Å². The van der Waals surface area contributed by atoms with Crippen LogP contribution in [0.4, 0.5) is 23.3 Å². The molecule has 0 unspecified atom stereocenters. The van der Waals surface area contributed by atoms with E-state index < -0.39 is 0 Å². The summed E-state index contributed by atoms with van der Waals surface area (Å²) in [6.45, 7) is 2.79. The fourth-order valence-corrected chi connectivity index (χ4v) is 1.62. The Morgan fingerprint density at radius 3 is 2.07 bits per heavy atom. The fourth-order valence-electron chi connectivity index (χ4n) is 1.62. The monoisotopic (exact) mass is 210 g/mol. The van der Waals surface area contributed by atoms with Crippen molar-refractivity contribution in [2.45, 2.75) is 0 Å². The zero-order valence-corrected chi connectivity index (χ0v) is 8.31. The van der Waals surface area contributed by atoms with Gasteiger partial charge < -0.3 is 26.8 Å². The summed E-state index contributed by atoms with van der Waals surface area (Å²) in [5.41, 5.74) is 17.6. The van der Waals surface area contributed by atoms with E-state index in [0.29, 0.717) is 30.5 Å². The van der Waals surface area contributed by atoms with Crippen LogP contribution < -0.4 is 22.1 Å². The van der Waals surface area contributed by atoms with Gasteiger partial charge >= 0.3 is 0 Å². The molecule has 1 saturated heterocycles. The molecule has 0 amide bonds. The lowest BCUT2D eigenvalue weighted by atomic mass is 10.3. The summed E-state index contributed by atoms with van der Waals surface area (Å²) < 4.78 is 5.24. The van der Waals surface area contributed by atoms with Crippen molar-refractivity contribution in [1.82, 2.24) is 9.97 Å². The van der Waals surface area contributed by atoms with Crippen molar-refractivity contribution in [3.63, 3.8) is 0 Å². The average Bonchev–Trinajstić information content (AvgIpc) is 2.17. The van der Waals surface area contributed by atoms with E-state index in [4.69, 9.17) is 21.9 Å². The largest absolute Gasteiger partial charge is 0.382 e. The van der Waals surface area contributed by atoms with Gasteiger partial charge in [0.05, 0.1) is 13.2 Å². The van der Waals surface area contributed by atoms with E-state index in [1.54, 1.807) is 0 Å². The molecule has 0 saturated carbocycles. The molecular formula is C8H14N6O. The lowest BCUT2D eigenvalue weighted by Gasteiger charge is -2.29. The Bertz CT molecular complexity index is 339. The van der Waals surface area contributed by atoms with Gasteiger partial charge in [-0.1, -0.05) is 0 Å². The Labute approximate surface area is 87.2 Å². The van der Waals surface area contributed by atoms with E-state index >= 15 is 0 Å². The SMILES string of the molecule is Nc1nc(N)c(N2CCOCC2)c(N)n1. The van der Waals surface area contributed by atoms with E-state index in [1.165, 1.54) is 0 Å². The van der Waals surface area contributed by atoms with Crippen LogP contribution in [0.15, 0.2) is 0 Å². The molecule has 7 heteroatoms. The van der Waals surface area contributed by atoms with Gasteiger partial charge in [0.25, 0.3) is 0 Å². The first kappa shape index (κ1) is 9.78. The molecule has 82 valence electrons. The number of ether oxygens (including phenoxy) is 1. The summed E-state index contributed by atoms with van der Waals surface area (Å²) in [4.78, 5) is 9.79. The van der Waals surface area contributed by atoms with Crippen LogP contribution >= 0.6 is 0 Å². The van der Waals surface area contributed by atoms with Crippen LogP contribution in [0.25, 0.3) is 0 Å². The maximum atomic E-state index is 5.76. The van der Waals surface area contributed by atoms with Gasteiger partial charge in [0, 0.05) is 13.1 Å². The Hall–Kier alpha value is -1.76. The van der Waals surface area contributed by atoms with Crippen LogP contribution in [0.5, 0.6) is 0 Å². The molecular weight excluding hydrogens is 196 g/mol. The Morgan fingerprint density at radius 1 is 1.00 bits per heavy atom. The molecule has 2 rings (SSSR count). The van der Waals surface area contributed by atoms with Gasteiger partial charge in [-0.25, -0.2) is 0 Å². The fraction of sp³-hybridized carbons (Fsp3) is 0.500. The zero-order valence-electron chi connectivity index (χ0n) is 8.31. The van der Waals surface area contributed by atoms with Gasteiger partial charge in [0.2, 0.25) is 5.95 Å². The van der Waals surface area contributed by atoms with Gasteiger partial charge in [0.15, 0.2) is 11.6 Å². The number of anilines is 4. The quantitative estimate of drug-likeness (QED) is 0.547. The first-order valence-corrected chi connectivity index (χ1v) is 4.69. The molecule has 0 radical (unpaired) electrons. The predicted molar refractivity (Wildman–Crippen MR) is 58.3 cm³/mol. The number of rotatable bonds is 1. The van der Waals surface area contributed by atoms with Crippen molar-refractivity contribution in [1.29, 1.82) is 0 Å². The van der Waals surface area contributed by atoms with Gasteiger partial charge in [0.1, 0.15) is 5.69 Å². The second-order valence-corrected chi connectivity index (χ2v) is 3.30. The summed E-state index contributed by atoms with van der Waals surface area (Å²) in [5.74, 6) is 0.741. The third-order valence-electron chi connectivity index (χ3n) is 2.28. The molecule has 1 aromatic heterocycles. The summed E-state index contributed by atoms with van der Waals surface area (Å²) in [5, 5.41) is 0. The van der Waals surface area contributed by atoms with E-state index in [2.05, 4.69) is 9.97 Å². The molecule has 15 heavy (non-hydrogen) atoms. The van der Waals surface area contributed by atoms with Gasteiger partial charge in [-0.2, -0.15) is 9.97 Å². The number of morpholine rings is 1. The standard InChI is InChI=1S/C8H14N6O/c9-6-5(7(10)13-8(11)12-6)14-1-3-15-4-2-14/h1-4H2,(H6,9,10,11,12,13). The highest BCUT2D eigenvalue weighted by atomic mass is 16.5. The molecule has 0 aromatic carbocycles. The van der Waals surface area contributed by atoms with E-state index in [9.17, 15) is 0 Å². The third-order valence-corrected chi connectivity index (χ3v) is 2.28. The van der Waals surface area contributed by atoms with Crippen LogP contribution in [-0.4, -0.2) is 36.3 Å². The second kappa shape index (κ2) is 3.77. The molecule has 0 atom stereocenters. The van der Waals surface area contributed by atoms with Crippen molar-refractivity contribution in [3.05, 3.63) is 0 Å². The number of nitrogen functional groups attached to an aromatic ring is 3. The van der Waals surface area contributed by atoms with Crippen LogP contribution in [0.3, 0.4) is 0 Å². The Balaban J connectivity index is 2.33. The lowest BCUT2D eigenvalue weighted by molar-refractivity contribution is 0.123. The molecule has 1 aliphatic rings. The summed E-state index contributed by atoms with van der Waals surface area (Å²) in [6, 6.07) is 0. The average molecular weight is 210 g/mol. The van der Waals surface area contributed by atoms with Crippen LogP contribution in [0, 0.1) is 0 Å². The molecule has 7 nitrogen and oxygen atoms in total. The van der Waals surface area contributed by atoms with Crippen LogP contribution in [0.2, 0.25) is 0 Å².